The van der Waals surface area contributed by atoms with E-state index in [0.717, 1.165) is 0 Å². The van der Waals surface area contributed by atoms with E-state index in [9.17, 15) is 10.1 Å². The molecule has 0 aromatic heterocycles. The molecule has 0 aliphatic rings. The molecule has 0 unspecified atom stereocenters. The third-order valence-electron chi connectivity index (χ3n) is 2.17. The van der Waals surface area contributed by atoms with Crippen molar-refractivity contribution in [2.24, 2.45) is 5.41 Å². The van der Waals surface area contributed by atoms with Gasteiger partial charge in [0.1, 0.15) is 5.75 Å². The van der Waals surface area contributed by atoms with E-state index in [1.807, 2.05) is 13.8 Å². The zero-order chi connectivity index (χ0) is 13.1. The van der Waals surface area contributed by atoms with Crippen LogP contribution in [0.5, 0.6) is 5.75 Å². The molecule has 4 nitrogen and oxygen atoms in total. The summed E-state index contributed by atoms with van der Waals surface area (Å²) in [6, 6.07) is 4.14. The topological polar surface area (TPSA) is 52.4 Å². The Morgan fingerprint density at radius 3 is 2.71 bits per heavy atom. The first kappa shape index (κ1) is 14.1. The molecule has 0 aliphatic carbocycles. The largest absolute Gasteiger partial charge is 0.491 e. The van der Waals surface area contributed by atoms with Gasteiger partial charge in [-0.1, -0.05) is 25.4 Å². The number of nitro benzene ring substituents is 1. The lowest BCUT2D eigenvalue weighted by Gasteiger charge is -2.22. The summed E-state index contributed by atoms with van der Waals surface area (Å²) in [7, 11) is 0. The summed E-state index contributed by atoms with van der Waals surface area (Å²) < 4.78 is 5.50. The summed E-state index contributed by atoms with van der Waals surface area (Å²) in [5, 5.41) is 11.0. The SMILES string of the molecule is CC(C)(CS)COc1cc([N+](=O)[O-])ccc1Cl. The van der Waals surface area contributed by atoms with Crippen LogP contribution < -0.4 is 4.74 Å². The van der Waals surface area contributed by atoms with Gasteiger partial charge in [-0.3, -0.25) is 10.1 Å². The molecule has 17 heavy (non-hydrogen) atoms. The molecule has 0 fully saturated rings. The van der Waals surface area contributed by atoms with Gasteiger partial charge >= 0.3 is 0 Å². The van der Waals surface area contributed by atoms with Crippen LogP contribution in [0.25, 0.3) is 0 Å². The van der Waals surface area contributed by atoms with E-state index in [-0.39, 0.29) is 11.1 Å². The van der Waals surface area contributed by atoms with E-state index < -0.39 is 4.92 Å². The molecule has 0 bridgehead atoms. The number of nitro groups is 1. The summed E-state index contributed by atoms with van der Waals surface area (Å²) in [4.78, 5) is 10.1. The summed E-state index contributed by atoms with van der Waals surface area (Å²) in [5.74, 6) is 0.982. The van der Waals surface area contributed by atoms with Gasteiger partial charge in [-0.15, -0.1) is 0 Å². The van der Waals surface area contributed by atoms with Crippen LogP contribution in [0.3, 0.4) is 0 Å². The Balaban J connectivity index is 2.83. The third kappa shape index (κ3) is 4.09. The second-order valence-electron chi connectivity index (χ2n) is 4.48. The van der Waals surface area contributed by atoms with Crippen LogP contribution in [-0.2, 0) is 0 Å². The molecular weight excluding hydrogens is 262 g/mol. The minimum absolute atomic E-state index is 0.0342. The van der Waals surface area contributed by atoms with Crippen molar-refractivity contribution in [1.82, 2.24) is 0 Å². The van der Waals surface area contributed by atoms with Crippen LogP contribution in [0.15, 0.2) is 18.2 Å². The third-order valence-corrected chi connectivity index (χ3v) is 3.34. The van der Waals surface area contributed by atoms with E-state index >= 15 is 0 Å². The highest BCUT2D eigenvalue weighted by Crippen LogP contribution is 2.30. The Labute approximate surface area is 110 Å². The molecule has 1 rings (SSSR count). The second-order valence-corrected chi connectivity index (χ2v) is 5.21. The average molecular weight is 276 g/mol. The molecule has 6 heteroatoms. The number of nitrogens with zero attached hydrogens (tertiary/aromatic N) is 1. The maximum atomic E-state index is 10.6. The van der Waals surface area contributed by atoms with E-state index in [2.05, 4.69) is 12.6 Å². The van der Waals surface area contributed by atoms with Crippen molar-refractivity contribution in [2.75, 3.05) is 12.4 Å². The van der Waals surface area contributed by atoms with Gasteiger partial charge in [-0.25, -0.2) is 0 Å². The Hall–Kier alpha value is -0.940. The monoisotopic (exact) mass is 275 g/mol. The summed E-state index contributed by atoms with van der Waals surface area (Å²) in [6.07, 6.45) is 0. The van der Waals surface area contributed by atoms with Crippen molar-refractivity contribution in [2.45, 2.75) is 13.8 Å². The first-order valence-corrected chi connectivity index (χ1v) is 6.04. The highest BCUT2D eigenvalue weighted by molar-refractivity contribution is 7.80. The predicted molar refractivity (Wildman–Crippen MR) is 71.2 cm³/mol. The van der Waals surface area contributed by atoms with Crippen LogP contribution in [0.2, 0.25) is 5.02 Å². The number of ether oxygens (including phenoxy) is 1. The zero-order valence-corrected chi connectivity index (χ0v) is 11.3. The van der Waals surface area contributed by atoms with Gasteiger partial charge in [0.15, 0.2) is 0 Å². The summed E-state index contributed by atoms with van der Waals surface area (Å²) in [6.45, 7) is 4.38. The molecule has 1 aromatic carbocycles. The van der Waals surface area contributed by atoms with E-state index in [1.54, 1.807) is 0 Å². The van der Waals surface area contributed by atoms with Crippen molar-refractivity contribution >= 4 is 29.9 Å². The normalized spacial score (nSPS) is 11.3. The first-order chi connectivity index (χ1) is 7.85. The predicted octanol–water partition coefficient (Wildman–Crippen LogP) is 3.58. The standard InChI is InChI=1S/C11H14ClNO3S/c1-11(2,7-17)6-16-10-5-8(13(14)15)3-4-9(10)12/h3-5,17H,6-7H2,1-2H3. The molecule has 0 radical (unpaired) electrons. The Bertz CT molecular complexity index is 423. The Morgan fingerprint density at radius 1 is 1.53 bits per heavy atom. The number of halogens is 1. The van der Waals surface area contributed by atoms with Gasteiger partial charge in [0, 0.05) is 11.5 Å². The van der Waals surface area contributed by atoms with E-state index in [0.29, 0.717) is 23.1 Å². The average Bonchev–Trinajstić information content (AvgIpc) is 2.27. The smallest absolute Gasteiger partial charge is 0.273 e. The molecule has 0 saturated heterocycles. The molecule has 0 atom stereocenters. The van der Waals surface area contributed by atoms with Gasteiger partial charge in [-0.05, 0) is 11.8 Å². The summed E-state index contributed by atoms with van der Waals surface area (Å²) in [5.41, 5.74) is -0.148. The van der Waals surface area contributed by atoms with Crippen LogP contribution in [0.4, 0.5) is 5.69 Å². The van der Waals surface area contributed by atoms with Crippen LogP contribution >= 0.6 is 24.2 Å². The van der Waals surface area contributed by atoms with Crippen LogP contribution in [0, 0.1) is 15.5 Å². The number of benzene rings is 1. The van der Waals surface area contributed by atoms with Gasteiger partial charge in [0.25, 0.3) is 5.69 Å². The van der Waals surface area contributed by atoms with Crippen molar-refractivity contribution in [1.29, 1.82) is 0 Å². The van der Waals surface area contributed by atoms with Crippen molar-refractivity contribution in [3.05, 3.63) is 33.3 Å². The van der Waals surface area contributed by atoms with E-state index in [4.69, 9.17) is 16.3 Å². The highest BCUT2D eigenvalue weighted by Gasteiger charge is 2.18. The number of rotatable bonds is 5. The van der Waals surface area contributed by atoms with Crippen LogP contribution in [0.1, 0.15) is 13.8 Å². The summed E-state index contributed by atoms with van der Waals surface area (Å²) >= 11 is 10.1. The van der Waals surface area contributed by atoms with Gasteiger partial charge in [0.05, 0.1) is 22.6 Å². The molecule has 94 valence electrons. The molecule has 0 amide bonds. The molecular formula is C11H14ClNO3S. The highest BCUT2D eigenvalue weighted by atomic mass is 35.5. The number of non-ortho nitro benzene ring substituents is 1. The maximum absolute atomic E-state index is 10.6. The number of hydrogen-bond acceptors (Lipinski definition) is 4. The minimum atomic E-state index is -0.479. The van der Waals surface area contributed by atoms with Crippen molar-refractivity contribution in [3.8, 4) is 5.75 Å². The van der Waals surface area contributed by atoms with Crippen molar-refractivity contribution in [3.63, 3.8) is 0 Å². The lowest BCUT2D eigenvalue weighted by atomic mass is 9.98. The fraction of sp³-hybridized carbons (Fsp3) is 0.455. The number of thiol groups is 1. The van der Waals surface area contributed by atoms with Gasteiger partial charge in [-0.2, -0.15) is 12.6 Å². The van der Waals surface area contributed by atoms with Gasteiger partial charge < -0.3 is 4.74 Å². The first-order valence-electron chi connectivity index (χ1n) is 5.03. The second kappa shape index (κ2) is 5.60. The maximum Gasteiger partial charge on any atom is 0.273 e. The molecule has 0 heterocycles. The zero-order valence-electron chi connectivity index (χ0n) is 9.64. The quantitative estimate of drug-likeness (QED) is 0.508. The molecule has 0 saturated carbocycles. The molecule has 0 N–H and O–H groups in total. The fourth-order valence-corrected chi connectivity index (χ4v) is 1.30. The minimum Gasteiger partial charge on any atom is -0.491 e. The lowest BCUT2D eigenvalue weighted by molar-refractivity contribution is -0.384. The lowest BCUT2D eigenvalue weighted by Crippen LogP contribution is -2.23. The molecule has 0 spiro atoms. The Morgan fingerprint density at radius 2 is 2.18 bits per heavy atom. The number of hydrogen-bond donors (Lipinski definition) is 1. The van der Waals surface area contributed by atoms with Crippen LogP contribution in [-0.4, -0.2) is 17.3 Å². The molecule has 0 aliphatic heterocycles. The van der Waals surface area contributed by atoms with Crippen molar-refractivity contribution < 1.29 is 9.66 Å². The Kier molecular flexibility index (Phi) is 4.65. The van der Waals surface area contributed by atoms with E-state index in [1.165, 1.54) is 18.2 Å². The van der Waals surface area contributed by atoms with Gasteiger partial charge in [0.2, 0.25) is 0 Å². The fourth-order valence-electron chi connectivity index (χ4n) is 1.03. The molecule has 1 aromatic rings.